The van der Waals surface area contributed by atoms with Crippen LogP contribution in [-0.2, 0) is 6.18 Å². The predicted molar refractivity (Wildman–Crippen MR) is 134 cm³/mol. The highest BCUT2D eigenvalue weighted by Gasteiger charge is 2.32. The summed E-state index contributed by atoms with van der Waals surface area (Å²) >= 11 is 0. The number of hydrogen-bond acceptors (Lipinski definition) is 6. The zero-order chi connectivity index (χ0) is 29.4. The Hall–Kier alpha value is -5.07. The minimum atomic E-state index is -4.71. The van der Waals surface area contributed by atoms with E-state index in [1.165, 1.54) is 56.8 Å². The van der Waals surface area contributed by atoms with Gasteiger partial charge in [0, 0.05) is 18.0 Å². The summed E-state index contributed by atoms with van der Waals surface area (Å²) in [4.78, 5) is 26.4. The second-order valence-corrected chi connectivity index (χ2v) is 7.77. The zero-order valence-corrected chi connectivity index (χ0v) is 20.8. The number of aromatic hydroxyl groups is 1. The number of hydrogen-bond donors (Lipinski definition) is 3. The molecule has 40 heavy (non-hydrogen) atoms. The highest BCUT2D eigenvalue weighted by molar-refractivity contribution is 6.06. The number of carbonyl (C=O) groups is 1. The number of methoxy groups -OCH3 is 2. The Labute approximate surface area is 223 Å². The van der Waals surface area contributed by atoms with Crippen molar-refractivity contribution < 1.29 is 46.1 Å². The molecule has 1 amide bonds. The van der Waals surface area contributed by atoms with Gasteiger partial charge in [-0.2, -0.15) is 13.2 Å². The van der Waals surface area contributed by atoms with Gasteiger partial charge < -0.3 is 29.6 Å². The van der Waals surface area contributed by atoms with Crippen molar-refractivity contribution in [3.8, 4) is 28.7 Å². The lowest BCUT2D eigenvalue weighted by atomic mass is 10.1. The van der Waals surface area contributed by atoms with Crippen LogP contribution in [0.1, 0.15) is 15.9 Å². The van der Waals surface area contributed by atoms with Gasteiger partial charge in [0.25, 0.3) is 5.91 Å². The maximum absolute atomic E-state index is 13.9. The quantitative estimate of drug-likeness (QED) is 0.243. The number of phenolic OH excluding ortho intramolecular Hbond substituents is 1. The number of halogens is 5. The van der Waals surface area contributed by atoms with Gasteiger partial charge in [-0.05, 0) is 48.5 Å². The molecule has 0 unspecified atom stereocenters. The number of para-hydroxylation sites is 2. The van der Waals surface area contributed by atoms with E-state index >= 15 is 0 Å². The van der Waals surface area contributed by atoms with E-state index in [0.29, 0.717) is 6.07 Å². The van der Waals surface area contributed by atoms with Crippen LogP contribution in [0, 0.1) is 11.6 Å². The molecule has 8 nitrogen and oxygen atoms in total. The van der Waals surface area contributed by atoms with Crippen LogP contribution in [0.25, 0.3) is 0 Å². The normalized spacial score (nSPS) is 10.7. The third-order valence-corrected chi connectivity index (χ3v) is 5.09. The Kier molecular flexibility index (Phi) is 9.33. The van der Waals surface area contributed by atoms with Gasteiger partial charge in [-0.25, -0.2) is 8.78 Å². The number of nitrogens with one attached hydrogen (secondary N) is 2. The molecule has 1 heterocycles. The summed E-state index contributed by atoms with van der Waals surface area (Å²) < 4.78 is 80.9. The molecule has 210 valence electrons. The van der Waals surface area contributed by atoms with Crippen LogP contribution in [0.3, 0.4) is 0 Å². The molecule has 3 N–H and O–H groups in total. The number of H-pyrrole nitrogens is 1. The minimum absolute atomic E-state index is 0.0652. The molecule has 4 aromatic rings. The molecule has 0 spiro atoms. The van der Waals surface area contributed by atoms with Gasteiger partial charge in [-0.1, -0.05) is 12.1 Å². The Morgan fingerprint density at radius 3 is 2.10 bits per heavy atom. The summed E-state index contributed by atoms with van der Waals surface area (Å²) in [5.41, 5.74) is -2.01. The smallest absolute Gasteiger partial charge is 0.416 e. The van der Waals surface area contributed by atoms with E-state index in [2.05, 4.69) is 15.0 Å². The largest absolute Gasteiger partial charge is 0.504 e. The molecule has 0 saturated carbocycles. The first kappa shape index (κ1) is 29.5. The third kappa shape index (κ3) is 7.28. The molecular weight excluding hydrogens is 543 g/mol. The fraction of sp³-hybridized carbons (Fsp3) is 0.111. The summed E-state index contributed by atoms with van der Waals surface area (Å²) in [6.07, 6.45) is -3.45. The van der Waals surface area contributed by atoms with E-state index in [4.69, 9.17) is 14.6 Å². The summed E-state index contributed by atoms with van der Waals surface area (Å²) in [5.74, 6) is -3.24. The van der Waals surface area contributed by atoms with Crippen molar-refractivity contribution >= 4 is 11.6 Å². The Bertz CT molecular complexity index is 1540. The Morgan fingerprint density at radius 1 is 0.875 bits per heavy atom. The van der Waals surface area contributed by atoms with E-state index in [9.17, 15) is 31.5 Å². The fourth-order valence-electron chi connectivity index (χ4n) is 3.28. The number of anilines is 1. The molecule has 0 bridgehead atoms. The number of rotatable bonds is 6. The van der Waals surface area contributed by atoms with Crippen molar-refractivity contribution in [1.82, 2.24) is 4.98 Å². The molecule has 0 aliphatic rings. The molecule has 3 aromatic carbocycles. The molecule has 0 saturated heterocycles. The Morgan fingerprint density at radius 2 is 1.52 bits per heavy atom. The zero-order valence-electron chi connectivity index (χ0n) is 20.8. The highest BCUT2D eigenvalue weighted by atomic mass is 19.4. The van der Waals surface area contributed by atoms with Gasteiger partial charge in [0.05, 0.1) is 25.3 Å². The number of pyridine rings is 1. The van der Waals surface area contributed by atoms with Crippen molar-refractivity contribution in [2.24, 2.45) is 0 Å². The highest BCUT2D eigenvalue weighted by Crippen LogP contribution is 2.38. The van der Waals surface area contributed by atoms with Crippen molar-refractivity contribution in [2.75, 3.05) is 19.5 Å². The average molecular weight is 564 g/mol. The molecule has 0 aliphatic carbocycles. The molecule has 0 aliphatic heterocycles. The van der Waals surface area contributed by atoms with Crippen molar-refractivity contribution in [3.05, 3.63) is 106 Å². The summed E-state index contributed by atoms with van der Waals surface area (Å²) in [6.45, 7) is 0. The number of phenols is 1. The van der Waals surface area contributed by atoms with Gasteiger partial charge in [0.15, 0.2) is 34.6 Å². The molecule has 13 heteroatoms. The van der Waals surface area contributed by atoms with Crippen molar-refractivity contribution in [2.45, 2.75) is 6.18 Å². The standard InChI is InChI=1S/C20H14F4N2O4.C7H7FO2/c1-29-18-14(21)3-2-4-16(18)30-15-6-5-11(20(22,23)24)9-13(15)19(28)26-12-7-8-25-17(27)10-12;1-10-7-5(8)3-2-4-6(7)9/h2-10H,1H3,(H2,25,26,27,28);2-4,9H,1H3. The lowest BCUT2D eigenvalue weighted by Crippen LogP contribution is -2.16. The van der Waals surface area contributed by atoms with Crippen LogP contribution in [0.4, 0.5) is 27.6 Å². The molecule has 0 fully saturated rings. The van der Waals surface area contributed by atoms with E-state index in [1.54, 1.807) is 0 Å². The van der Waals surface area contributed by atoms with Gasteiger partial charge in [0.2, 0.25) is 5.56 Å². The monoisotopic (exact) mass is 564 g/mol. The SMILES string of the molecule is COc1c(F)cccc1Oc1ccc(C(F)(F)F)cc1C(=O)Nc1cc[nH]c(=O)c1.COc1c(O)cccc1F. The fourth-order valence-corrected chi connectivity index (χ4v) is 3.28. The number of aromatic nitrogens is 1. The maximum Gasteiger partial charge on any atom is 0.416 e. The first-order valence-electron chi connectivity index (χ1n) is 11.2. The molecular formula is C27H21F5N2O6. The predicted octanol–water partition coefficient (Wildman–Crippen LogP) is 6.13. The van der Waals surface area contributed by atoms with Crippen molar-refractivity contribution in [1.29, 1.82) is 0 Å². The van der Waals surface area contributed by atoms with Crippen molar-refractivity contribution in [3.63, 3.8) is 0 Å². The number of alkyl halides is 3. The van der Waals surface area contributed by atoms with Crippen LogP contribution < -0.4 is 25.1 Å². The molecule has 4 rings (SSSR count). The van der Waals surface area contributed by atoms with Crippen LogP contribution in [0.5, 0.6) is 28.7 Å². The molecule has 0 radical (unpaired) electrons. The third-order valence-electron chi connectivity index (χ3n) is 5.09. The van der Waals surface area contributed by atoms with Crippen LogP contribution in [0.2, 0.25) is 0 Å². The number of benzene rings is 3. The lowest BCUT2D eigenvalue weighted by molar-refractivity contribution is -0.137. The maximum atomic E-state index is 13.9. The summed E-state index contributed by atoms with van der Waals surface area (Å²) in [6, 6.07) is 12.4. The Balaban J connectivity index is 0.000000371. The second kappa shape index (κ2) is 12.7. The van der Waals surface area contributed by atoms with Gasteiger partial charge in [-0.15, -0.1) is 0 Å². The first-order chi connectivity index (χ1) is 18.9. The van der Waals surface area contributed by atoms with E-state index < -0.39 is 40.4 Å². The number of aromatic amines is 1. The van der Waals surface area contributed by atoms with Gasteiger partial charge >= 0.3 is 6.18 Å². The number of carbonyl (C=O) groups excluding carboxylic acids is 1. The van der Waals surface area contributed by atoms with E-state index in [-0.39, 0.29) is 34.4 Å². The molecule has 1 aromatic heterocycles. The average Bonchev–Trinajstić information content (AvgIpc) is 2.89. The van der Waals surface area contributed by atoms with Crippen LogP contribution in [-0.4, -0.2) is 30.2 Å². The number of ether oxygens (including phenoxy) is 3. The topological polar surface area (TPSA) is 110 Å². The summed E-state index contributed by atoms with van der Waals surface area (Å²) in [7, 11) is 2.50. The van der Waals surface area contributed by atoms with E-state index in [1.807, 2.05) is 0 Å². The van der Waals surface area contributed by atoms with Gasteiger partial charge in [-0.3, -0.25) is 9.59 Å². The summed E-state index contributed by atoms with van der Waals surface area (Å²) in [5, 5.41) is 11.3. The lowest BCUT2D eigenvalue weighted by Gasteiger charge is -2.16. The van der Waals surface area contributed by atoms with Gasteiger partial charge in [0.1, 0.15) is 5.75 Å². The van der Waals surface area contributed by atoms with Crippen LogP contribution in [0.15, 0.2) is 77.7 Å². The second-order valence-electron chi connectivity index (χ2n) is 7.77. The van der Waals surface area contributed by atoms with E-state index in [0.717, 1.165) is 24.3 Å². The number of amides is 1. The van der Waals surface area contributed by atoms with Crippen LogP contribution >= 0.6 is 0 Å². The minimum Gasteiger partial charge on any atom is -0.504 e. The molecule has 0 atom stereocenters. The first-order valence-corrected chi connectivity index (χ1v) is 11.2.